The van der Waals surface area contributed by atoms with Crippen molar-refractivity contribution in [2.24, 2.45) is 7.05 Å². The summed E-state index contributed by atoms with van der Waals surface area (Å²) in [4.78, 5) is 16.7. The number of fused-ring (bicyclic) bond motifs is 1. The smallest absolute Gasteiger partial charge is 0.298 e. The molecule has 0 aliphatic rings. The molecule has 0 spiro atoms. The zero-order chi connectivity index (χ0) is 22.3. The molecule has 0 saturated heterocycles. The van der Waals surface area contributed by atoms with E-state index in [1.807, 2.05) is 0 Å². The number of rotatable bonds is 5. The number of benzene rings is 2. The first-order chi connectivity index (χ1) is 14.0. The molecule has 0 bridgehead atoms. The van der Waals surface area contributed by atoms with Crippen molar-refractivity contribution >= 4 is 20.9 Å². The third-order valence-electron chi connectivity index (χ3n) is 4.98. The van der Waals surface area contributed by atoms with Crippen LogP contribution in [-0.4, -0.2) is 29.3 Å². The second kappa shape index (κ2) is 7.84. The second-order valence-electron chi connectivity index (χ2n) is 6.82. The molecule has 2 aromatic carbocycles. The Morgan fingerprint density at radius 1 is 1.13 bits per heavy atom. The number of sulfonamides is 1. The number of halogens is 3. The van der Waals surface area contributed by atoms with Crippen molar-refractivity contribution in [1.82, 2.24) is 13.9 Å². The first-order valence-corrected chi connectivity index (χ1v) is 10.5. The molecule has 1 heterocycles. The van der Waals surface area contributed by atoms with Crippen LogP contribution in [0.4, 0.5) is 13.2 Å². The zero-order valence-corrected chi connectivity index (χ0v) is 17.3. The predicted octanol–water partition coefficient (Wildman–Crippen LogP) is 3.72. The topological polar surface area (TPSA) is 72.3 Å². The Bertz CT molecular complexity index is 1250. The minimum Gasteiger partial charge on any atom is -0.298 e. The molecule has 30 heavy (non-hydrogen) atoms. The van der Waals surface area contributed by atoms with Crippen LogP contribution in [0.2, 0.25) is 0 Å². The van der Waals surface area contributed by atoms with Gasteiger partial charge < -0.3 is 0 Å². The minimum absolute atomic E-state index is 0.208. The fourth-order valence-corrected chi connectivity index (χ4v) is 4.74. The van der Waals surface area contributed by atoms with E-state index in [0.717, 1.165) is 22.5 Å². The summed E-state index contributed by atoms with van der Waals surface area (Å²) in [6.45, 7) is 1.71. The van der Waals surface area contributed by atoms with Crippen LogP contribution < -0.4 is 5.56 Å². The normalized spacial score (nSPS) is 13.7. The van der Waals surface area contributed by atoms with Gasteiger partial charge in [0.05, 0.1) is 27.4 Å². The van der Waals surface area contributed by atoms with Gasteiger partial charge in [0, 0.05) is 14.1 Å². The van der Waals surface area contributed by atoms with Crippen LogP contribution in [0.5, 0.6) is 0 Å². The van der Waals surface area contributed by atoms with Gasteiger partial charge in [-0.2, -0.15) is 17.5 Å². The first kappa shape index (κ1) is 22.0. The Labute approximate surface area is 171 Å². The molecular formula is C20H20F3N3O3S. The Morgan fingerprint density at radius 3 is 2.43 bits per heavy atom. The van der Waals surface area contributed by atoms with Gasteiger partial charge in [-0.25, -0.2) is 13.4 Å². The molecule has 3 rings (SSSR count). The van der Waals surface area contributed by atoms with Crippen molar-refractivity contribution in [2.75, 3.05) is 7.05 Å². The van der Waals surface area contributed by atoms with E-state index in [2.05, 4.69) is 4.98 Å². The molecule has 6 nitrogen and oxygen atoms in total. The number of hydrogen-bond acceptors (Lipinski definition) is 4. The van der Waals surface area contributed by atoms with Crippen molar-refractivity contribution in [3.8, 4) is 0 Å². The summed E-state index contributed by atoms with van der Waals surface area (Å²) in [6.07, 6.45) is -4.41. The molecule has 0 fully saturated rings. The van der Waals surface area contributed by atoms with E-state index in [1.165, 1.54) is 18.7 Å². The van der Waals surface area contributed by atoms with Gasteiger partial charge in [0.1, 0.15) is 5.82 Å². The van der Waals surface area contributed by atoms with Crippen LogP contribution in [0.15, 0.2) is 58.2 Å². The molecule has 0 aliphatic heterocycles. The molecule has 0 aliphatic carbocycles. The van der Waals surface area contributed by atoms with E-state index in [-0.39, 0.29) is 17.8 Å². The average Bonchev–Trinajstić information content (AvgIpc) is 2.71. The molecule has 1 aromatic heterocycles. The third kappa shape index (κ3) is 3.84. The Hall–Kier alpha value is -2.72. The number of aromatic nitrogens is 2. The lowest BCUT2D eigenvalue weighted by atomic mass is 10.2. The monoisotopic (exact) mass is 439 g/mol. The highest BCUT2D eigenvalue weighted by Crippen LogP contribution is 2.33. The largest absolute Gasteiger partial charge is 0.416 e. The fourth-order valence-electron chi connectivity index (χ4n) is 3.30. The lowest BCUT2D eigenvalue weighted by Crippen LogP contribution is -2.35. The maximum absolute atomic E-state index is 13.1. The first-order valence-electron chi connectivity index (χ1n) is 9.09. The minimum atomic E-state index is -4.67. The van der Waals surface area contributed by atoms with Gasteiger partial charge in [-0.15, -0.1) is 0 Å². The van der Waals surface area contributed by atoms with Crippen molar-refractivity contribution in [3.05, 3.63) is 70.3 Å². The van der Waals surface area contributed by atoms with E-state index in [0.29, 0.717) is 17.0 Å². The molecule has 0 saturated carbocycles. The average molecular weight is 439 g/mol. The lowest BCUT2D eigenvalue weighted by molar-refractivity contribution is -0.137. The van der Waals surface area contributed by atoms with Crippen LogP contribution in [0.1, 0.15) is 30.8 Å². The Kier molecular flexibility index (Phi) is 5.74. The van der Waals surface area contributed by atoms with E-state index in [9.17, 15) is 26.4 Å². The summed E-state index contributed by atoms with van der Waals surface area (Å²) >= 11 is 0. The summed E-state index contributed by atoms with van der Waals surface area (Å²) in [6, 6.07) is 9.40. The fraction of sp³-hybridized carbons (Fsp3) is 0.300. The number of nitrogens with zero attached hydrogens (tertiary/aromatic N) is 3. The van der Waals surface area contributed by atoms with Crippen LogP contribution in [0, 0.1) is 0 Å². The molecule has 0 radical (unpaired) electrons. The highest BCUT2D eigenvalue weighted by atomic mass is 32.2. The standard InChI is InChI=1S/C20H20F3N3O3S/c1-4-17(18-24-16-11-6-5-10-15(16)19(27)25(18)2)26(3)30(28,29)14-9-7-8-13(12-14)20(21,22)23/h5-12,17H,4H2,1-3H3. The van der Waals surface area contributed by atoms with Crippen LogP contribution in [-0.2, 0) is 23.2 Å². The summed E-state index contributed by atoms with van der Waals surface area (Å²) in [5.74, 6) is 0.208. The molecular weight excluding hydrogens is 419 g/mol. The molecule has 1 unspecified atom stereocenters. The van der Waals surface area contributed by atoms with Gasteiger partial charge in [-0.1, -0.05) is 25.1 Å². The maximum atomic E-state index is 13.1. The molecule has 10 heteroatoms. The number of hydrogen-bond donors (Lipinski definition) is 0. The second-order valence-corrected chi connectivity index (χ2v) is 8.82. The van der Waals surface area contributed by atoms with E-state index < -0.39 is 32.7 Å². The summed E-state index contributed by atoms with van der Waals surface area (Å²) in [7, 11) is -1.53. The maximum Gasteiger partial charge on any atom is 0.416 e. The summed E-state index contributed by atoms with van der Waals surface area (Å²) < 4.78 is 67.5. The van der Waals surface area contributed by atoms with Crippen molar-refractivity contribution in [3.63, 3.8) is 0 Å². The van der Waals surface area contributed by atoms with Crippen molar-refractivity contribution in [2.45, 2.75) is 30.5 Å². The van der Waals surface area contributed by atoms with Gasteiger partial charge in [-0.3, -0.25) is 9.36 Å². The molecule has 1 atom stereocenters. The van der Waals surface area contributed by atoms with Gasteiger partial charge in [0.15, 0.2) is 0 Å². The van der Waals surface area contributed by atoms with Crippen LogP contribution in [0.3, 0.4) is 0 Å². The number of para-hydroxylation sites is 1. The lowest BCUT2D eigenvalue weighted by Gasteiger charge is -2.27. The Balaban J connectivity index is 2.11. The van der Waals surface area contributed by atoms with Crippen LogP contribution >= 0.6 is 0 Å². The quantitative estimate of drug-likeness (QED) is 0.608. The predicted molar refractivity (Wildman–Crippen MR) is 106 cm³/mol. The van der Waals surface area contributed by atoms with E-state index >= 15 is 0 Å². The van der Waals surface area contributed by atoms with Gasteiger partial charge in [0.25, 0.3) is 5.56 Å². The van der Waals surface area contributed by atoms with E-state index in [1.54, 1.807) is 31.2 Å². The summed E-state index contributed by atoms with van der Waals surface area (Å²) in [5.41, 5.74) is -0.973. The van der Waals surface area contributed by atoms with E-state index in [4.69, 9.17) is 0 Å². The summed E-state index contributed by atoms with van der Waals surface area (Å²) in [5, 5.41) is 0.391. The van der Waals surface area contributed by atoms with Gasteiger partial charge in [-0.05, 0) is 36.8 Å². The molecule has 3 aromatic rings. The Morgan fingerprint density at radius 2 is 1.80 bits per heavy atom. The van der Waals surface area contributed by atoms with Crippen molar-refractivity contribution < 1.29 is 21.6 Å². The number of alkyl halides is 3. The third-order valence-corrected chi connectivity index (χ3v) is 6.84. The van der Waals surface area contributed by atoms with Crippen molar-refractivity contribution in [1.29, 1.82) is 0 Å². The molecule has 0 N–H and O–H groups in total. The SMILES string of the molecule is CCC(c1nc2ccccc2c(=O)n1C)N(C)S(=O)(=O)c1cccc(C(F)(F)F)c1. The molecule has 0 amide bonds. The zero-order valence-electron chi connectivity index (χ0n) is 16.5. The highest BCUT2D eigenvalue weighted by molar-refractivity contribution is 7.89. The molecule has 160 valence electrons. The van der Waals surface area contributed by atoms with Gasteiger partial charge in [0.2, 0.25) is 10.0 Å². The van der Waals surface area contributed by atoms with Crippen LogP contribution in [0.25, 0.3) is 10.9 Å². The highest BCUT2D eigenvalue weighted by Gasteiger charge is 2.34. The van der Waals surface area contributed by atoms with Gasteiger partial charge >= 0.3 is 6.18 Å².